The predicted octanol–water partition coefficient (Wildman–Crippen LogP) is 2.03. The van der Waals surface area contributed by atoms with Gasteiger partial charge in [-0.05, 0) is 18.6 Å². The Bertz CT molecular complexity index is 692. The summed E-state index contributed by atoms with van der Waals surface area (Å²) < 4.78 is 0. The van der Waals surface area contributed by atoms with Gasteiger partial charge in [0, 0.05) is 31.2 Å². The smallest absolute Gasteiger partial charge is 0.189 e. The third kappa shape index (κ3) is 1.95. The fourth-order valence-corrected chi connectivity index (χ4v) is 1.99. The number of aromatic nitrogens is 1. The van der Waals surface area contributed by atoms with Gasteiger partial charge in [0.15, 0.2) is 5.43 Å². The molecule has 92 valence electrons. The van der Waals surface area contributed by atoms with Crippen molar-refractivity contribution in [1.29, 1.82) is 5.26 Å². The second-order valence-corrected chi connectivity index (χ2v) is 4.44. The number of H-pyrrole nitrogens is 1. The van der Waals surface area contributed by atoms with E-state index in [-0.39, 0.29) is 5.43 Å². The monoisotopic (exact) mass is 241 g/mol. The van der Waals surface area contributed by atoms with Crippen LogP contribution in [0, 0.1) is 11.3 Å². The second-order valence-electron chi connectivity index (χ2n) is 4.44. The molecule has 0 spiro atoms. The van der Waals surface area contributed by atoms with Gasteiger partial charge in [0.25, 0.3) is 0 Å². The van der Waals surface area contributed by atoms with Crippen molar-refractivity contribution in [3.05, 3.63) is 39.7 Å². The van der Waals surface area contributed by atoms with Crippen molar-refractivity contribution in [1.82, 2.24) is 4.98 Å². The molecule has 2 aromatic rings. The number of aryl methyl sites for hydroxylation is 1. The van der Waals surface area contributed by atoms with Crippen molar-refractivity contribution in [2.45, 2.75) is 13.3 Å². The molecule has 0 atom stereocenters. The Morgan fingerprint density at radius 3 is 2.61 bits per heavy atom. The fraction of sp³-hybridized carbons (Fsp3) is 0.286. The Labute approximate surface area is 105 Å². The summed E-state index contributed by atoms with van der Waals surface area (Å²) in [5.41, 5.74) is 3.02. The van der Waals surface area contributed by atoms with E-state index in [0.29, 0.717) is 10.9 Å². The van der Waals surface area contributed by atoms with Gasteiger partial charge in [0.05, 0.1) is 22.8 Å². The van der Waals surface area contributed by atoms with Crippen LogP contribution in [-0.2, 0) is 6.42 Å². The Hall–Kier alpha value is -2.28. The summed E-state index contributed by atoms with van der Waals surface area (Å²) in [6.45, 7) is 2.00. The largest absolute Gasteiger partial charge is 0.376 e. The maximum Gasteiger partial charge on any atom is 0.189 e. The average molecular weight is 241 g/mol. The first kappa shape index (κ1) is 12.2. The molecular formula is C14H15N3O. The van der Waals surface area contributed by atoms with Gasteiger partial charge in [-0.25, -0.2) is 0 Å². The summed E-state index contributed by atoms with van der Waals surface area (Å²) >= 11 is 0. The zero-order chi connectivity index (χ0) is 13.3. The van der Waals surface area contributed by atoms with Gasteiger partial charge >= 0.3 is 0 Å². The van der Waals surface area contributed by atoms with Gasteiger partial charge in [0.2, 0.25) is 0 Å². The molecule has 2 rings (SSSR count). The van der Waals surface area contributed by atoms with Crippen LogP contribution in [0.5, 0.6) is 0 Å². The first-order chi connectivity index (χ1) is 8.56. The molecule has 0 aliphatic rings. The fourth-order valence-electron chi connectivity index (χ4n) is 1.99. The van der Waals surface area contributed by atoms with Crippen LogP contribution in [0.25, 0.3) is 10.9 Å². The van der Waals surface area contributed by atoms with E-state index >= 15 is 0 Å². The molecule has 0 saturated carbocycles. The molecule has 0 saturated heterocycles. The number of nitriles is 1. The number of nitrogens with zero attached hydrogens (tertiary/aromatic N) is 2. The number of nitrogens with one attached hydrogen (secondary N) is 1. The van der Waals surface area contributed by atoms with E-state index in [2.05, 4.69) is 11.1 Å². The minimum absolute atomic E-state index is 0.0409. The molecule has 1 heterocycles. The van der Waals surface area contributed by atoms with E-state index in [1.807, 2.05) is 25.9 Å². The molecule has 0 unspecified atom stereocenters. The predicted molar refractivity (Wildman–Crippen MR) is 73.0 cm³/mol. The number of hydrogen-bond acceptors (Lipinski definition) is 3. The number of anilines is 1. The zero-order valence-electron chi connectivity index (χ0n) is 10.7. The molecule has 0 fully saturated rings. The molecule has 0 amide bonds. The SMILES string of the molecule is CCc1cc(=O)c2cc(C#N)cc(N(C)C)c2[nH]1. The van der Waals surface area contributed by atoms with Gasteiger partial charge in [0.1, 0.15) is 0 Å². The number of hydrogen-bond donors (Lipinski definition) is 1. The third-order valence-corrected chi connectivity index (χ3v) is 2.97. The van der Waals surface area contributed by atoms with Crippen molar-refractivity contribution < 1.29 is 0 Å². The Balaban J connectivity index is 2.92. The lowest BCUT2D eigenvalue weighted by atomic mass is 10.1. The number of fused-ring (bicyclic) bond motifs is 1. The second kappa shape index (κ2) is 4.53. The van der Waals surface area contributed by atoms with Crippen molar-refractivity contribution in [2.75, 3.05) is 19.0 Å². The first-order valence-electron chi connectivity index (χ1n) is 5.84. The molecule has 0 bridgehead atoms. The summed E-state index contributed by atoms with van der Waals surface area (Å²) in [6.07, 6.45) is 0.776. The van der Waals surface area contributed by atoms with Gasteiger partial charge < -0.3 is 9.88 Å². The highest BCUT2D eigenvalue weighted by Crippen LogP contribution is 2.24. The zero-order valence-corrected chi connectivity index (χ0v) is 10.7. The van der Waals surface area contributed by atoms with Gasteiger partial charge in [-0.3, -0.25) is 4.79 Å². The maximum atomic E-state index is 12.1. The van der Waals surface area contributed by atoms with Crippen LogP contribution in [-0.4, -0.2) is 19.1 Å². The topological polar surface area (TPSA) is 59.9 Å². The summed E-state index contributed by atoms with van der Waals surface area (Å²) in [5, 5.41) is 9.58. The lowest BCUT2D eigenvalue weighted by Gasteiger charge is -2.16. The highest BCUT2D eigenvalue weighted by Gasteiger charge is 2.10. The lowest BCUT2D eigenvalue weighted by Crippen LogP contribution is -2.13. The molecule has 1 aromatic carbocycles. The van der Waals surface area contributed by atoms with E-state index in [9.17, 15) is 4.79 Å². The van der Waals surface area contributed by atoms with Crippen LogP contribution in [0.1, 0.15) is 18.2 Å². The number of rotatable bonds is 2. The van der Waals surface area contributed by atoms with Crippen molar-refractivity contribution in [3.8, 4) is 6.07 Å². The third-order valence-electron chi connectivity index (χ3n) is 2.97. The highest BCUT2D eigenvalue weighted by atomic mass is 16.1. The molecule has 4 heteroatoms. The molecular weight excluding hydrogens is 226 g/mol. The highest BCUT2D eigenvalue weighted by molar-refractivity contribution is 5.92. The quantitative estimate of drug-likeness (QED) is 0.875. The van der Waals surface area contributed by atoms with E-state index in [1.54, 1.807) is 18.2 Å². The van der Waals surface area contributed by atoms with Crippen LogP contribution in [0.2, 0.25) is 0 Å². The van der Waals surface area contributed by atoms with Crippen LogP contribution < -0.4 is 10.3 Å². The van der Waals surface area contributed by atoms with Crippen LogP contribution >= 0.6 is 0 Å². The minimum Gasteiger partial charge on any atom is -0.376 e. The van der Waals surface area contributed by atoms with E-state index < -0.39 is 0 Å². The van der Waals surface area contributed by atoms with Crippen LogP contribution in [0.3, 0.4) is 0 Å². The van der Waals surface area contributed by atoms with Gasteiger partial charge in [-0.1, -0.05) is 6.92 Å². The van der Waals surface area contributed by atoms with Gasteiger partial charge in [-0.15, -0.1) is 0 Å². The number of benzene rings is 1. The Kier molecular flexibility index (Phi) is 3.07. The van der Waals surface area contributed by atoms with E-state index in [1.165, 1.54) is 0 Å². The van der Waals surface area contributed by atoms with E-state index in [4.69, 9.17) is 5.26 Å². The average Bonchev–Trinajstić information content (AvgIpc) is 2.37. The molecule has 1 N–H and O–H groups in total. The summed E-state index contributed by atoms with van der Waals surface area (Å²) in [5.74, 6) is 0. The van der Waals surface area contributed by atoms with Gasteiger partial charge in [-0.2, -0.15) is 5.26 Å². The molecule has 1 aromatic heterocycles. The maximum absolute atomic E-state index is 12.1. The Morgan fingerprint density at radius 2 is 2.06 bits per heavy atom. The molecule has 0 aliphatic carbocycles. The summed E-state index contributed by atoms with van der Waals surface area (Å²) in [4.78, 5) is 17.2. The van der Waals surface area contributed by atoms with Crippen molar-refractivity contribution in [3.63, 3.8) is 0 Å². The Morgan fingerprint density at radius 1 is 1.33 bits per heavy atom. The first-order valence-corrected chi connectivity index (χ1v) is 5.84. The number of pyridine rings is 1. The minimum atomic E-state index is -0.0409. The van der Waals surface area contributed by atoms with Crippen LogP contribution in [0.15, 0.2) is 23.0 Å². The molecule has 4 nitrogen and oxygen atoms in total. The normalized spacial score (nSPS) is 10.3. The molecule has 0 aliphatic heterocycles. The van der Waals surface area contributed by atoms with E-state index in [0.717, 1.165) is 23.3 Å². The molecule has 0 radical (unpaired) electrons. The number of aromatic amines is 1. The van der Waals surface area contributed by atoms with Crippen LogP contribution in [0.4, 0.5) is 5.69 Å². The summed E-state index contributed by atoms with van der Waals surface area (Å²) in [7, 11) is 3.79. The standard InChI is InChI=1S/C14H15N3O/c1-4-10-7-13(18)11-5-9(8-15)6-12(17(2)3)14(11)16-10/h5-7H,4H2,1-3H3,(H,16,18). The molecule has 18 heavy (non-hydrogen) atoms. The van der Waals surface area contributed by atoms with Crippen molar-refractivity contribution in [2.24, 2.45) is 0 Å². The lowest BCUT2D eigenvalue weighted by molar-refractivity contribution is 1.04. The van der Waals surface area contributed by atoms with Crippen molar-refractivity contribution >= 4 is 16.6 Å². The summed E-state index contributed by atoms with van der Waals surface area (Å²) in [6, 6.07) is 7.12.